The molecule has 0 saturated carbocycles. The zero-order chi connectivity index (χ0) is 13.9. The van der Waals surface area contributed by atoms with Gasteiger partial charge in [0.15, 0.2) is 0 Å². The molecule has 2 aliphatic heterocycles. The summed E-state index contributed by atoms with van der Waals surface area (Å²) in [5.74, 6) is -0.253. The summed E-state index contributed by atoms with van der Waals surface area (Å²) in [6.07, 6.45) is 3.84. The highest BCUT2D eigenvalue weighted by atomic mass is 16.5. The fourth-order valence-corrected chi connectivity index (χ4v) is 3.55. The summed E-state index contributed by atoms with van der Waals surface area (Å²) >= 11 is 0. The number of rotatable bonds is 4. The minimum absolute atomic E-state index is 0.253. The van der Waals surface area contributed by atoms with Crippen molar-refractivity contribution in [1.29, 1.82) is 0 Å². The van der Waals surface area contributed by atoms with Crippen LogP contribution >= 0.6 is 0 Å². The lowest BCUT2D eigenvalue weighted by Crippen LogP contribution is -2.38. The van der Waals surface area contributed by atoms with Crippen LogP contribution < -0.4 is 5.32 Å². The number of methoxy groups -OCH3 is 1. The van der Waals surface area contributed by atoms with Crippen LogP contribution in [0.5, 0.6) is 0 Å². The maximum absolute atomic E-state index is 11.8. The fourth-order valence-electron chi connectivity index (χ4n) is 3.55. The Morgan fingerprint density at radius 1 is 1.35 bits per heavy atom. The molecule has 0 radical (unpaired) electrons. The first-order valence-electron chi connectivity index (χ1n) is 7.43. The minimum Gasteiger partial charge on any atom is -0.465 e. The third kappa shape index (κ3) is 2.58. The van der Waals surface area contributed by atoms with E-state index in [-0.39, 0.29) is 5.97 Å². The zero-order valence-corrected chi connectivity index (χ0v) is 12.0. The van der Waals surface area contributed by atoms with Gasteiger partial charge in [-0.3, -0.25) is 4.90 Å². The van der Waals surface area contributed by atoms with Crippen molar-refractivity contribution >= 4 is 5.97 Å². The maximum atomic E-state index is 11.8. The van der Waals surface area contributed by atoms with Crippen molar-refractivity contribution in [2.24, 2.45) is 0 Å². The van der Waals surface area contributed by atoms with E-state index in [1.807, 2.05) is 24.3 Å². The predicted octanol–water partition coefficient (Wildman–Crippen LogP) is 1.80. The highest BCUT2D eigenvalue weighted by Crippen LogP contribution is 2.28. The molecule has 0 spiro atoms. The summed E-state index contributed by atoms with van der Waals surface area (Å²) in [7, 11) is 1.43. The number of nitrogens with zero attached hydrogens (tertiary/aromatic N) is 1. The molecular weight excluding hydrogens is 252 g/mol. The van der Waals surface area contributed by atoms with Gasteiger partial charge in [-0.15, -0.1) is 0 Å². The van der Waals surface area contributed by atoms with Gasteiger partial charge in [-0.05, 0) is 37.4 Å². The van der Waals surface area contributed by atoms with E-state index in [0.29, 0.717) is 17.6 Å². The molecule has 1 aromatic rings. The monoisotopic (exact) mass is 274 g/mol. The Bertz CT molecular complexity index is 489. The van der Waals surface area contributed by atoms with Crippen LogP contribution in [0.1, 0.15) is 35.2 Å². The van der Waals surface area contributed by atoms with Gasteiger partial charge >= 0.3 is 5.97 Å². The Kier molecular flexibility index (Phi) is 4.03. The van der Waals surface area contributed by atoms with Crippen LogP contribution in [0.4, 0.5) is 0 Å². The standard InChI is InChI=1S/C16H22N2O2/c1-20-16(19)13-6-3-2-5-12(13)11-17-14-8-10-18-9-4-7-15(14)18/h2-3,5-6,14-15,17H,4,7-11H2,1H3. The molecule has 108 valence electrons. The van der Waals surface area contributed by atoms with E-state index in [0.717, 1.165) is 12.1 Å². The molecule has 2 fully saturated rings. The second-order valence-electron chi connectivity index (χ2n) is 5.67. The molecule has 3 rings (SSSR count). The molecule has 2 heterocycles. The van der Waals surface area contributed by atoms with E-state index >= 15 is 0 Å². The quantitative estimate of drug-likeness (QED) is 0.850. The lowest BCUT2D eigenvalue weighted by Gasteiger charge is -2.21. The highest BCUT2D eigenvalue weighted by molar-refractivity contribution is 5.90. The van der Waals surface area contributed by atoms with Crippen molar-refractivity contribution in [2.75, 3.05) is 20.2 Å². The largest absolute Gasteiger partial charge is 0.465 e. The van der Waals surface area contributed by atoms with Crippen LogP contribution in [0, 0.1) is 0 Å². The predicted molar refractivity (Wildman–Crippen MR) is 77.6 cm³/mol. The van der Waals surface area contributed by atoms with E-state index in [2.05, 4.69) is 10.2 Å². The van der Waals surface area contributed by atoms with Gasteiger partial charge in [0.05, 0.1) is 12.7 Å². The highest BCUT2D eigenvalue weighted by Gasteiger charge is 2.36. The number of ether oxygens (including phenoxy) is 1. The number of carbonyl (C=O) groups is 1. The lowest BCUT2D eigenvalue weighted by molar-refractivity contribution is 0.0599. The molecule has 0 aromatic heterocycles. The Labute approximate surface area is 120 Å². The topological polar surface area (TPSA) is 41.6 Å². The van der Waals surface area contributed by atoms with Crippen LogP contribution in [-0.2, 0) is 11.3 Å². The van der Waals surface area contributed by atoms with E-state index in [1.165, 1.54) is 39.5 Å². The van der Waals surface area contributed by atoms with Crippen molar-refractivity contribution in [3.63, 3.8) is 0 Å². The summed E-state index contributed by atoms with van der Waals surface area (Å²) in [6, 6.07) is 8.94. The number of esters is 1. The number of carbonyl (C=O) groups excluding carboxylic acids is 1. The van der Waals surface area contributed by atoms with Crippen molar-refractivity contribution in [1.82, 2.24) is 10.2 Å². The molecule has 2 atom stereocenters. The molecule has 0 aliphatic carbocycles. The second-order valence-corrected chi connectivity index (χ2v) is 5.67. The van der Waals surface area contributed by atoms with E-state index in [9.17, 15) is 4.79 Å². The van der Waals surface area contributed by atoms with Crippen LogP contribution in [0.2, 0.25) is 0 Å². The van der Waals surface area contributed by atoms with Gasteiger partial charge in [0.2, 0.25) is 0 Å². The van der Waals surface area contributed by atoms with Gasteiger partial charge in [0.1, 0.15) is 0 Å². The van der Waals surface area contributed by atoms with Crippen LogP contribution in [0.25, 0.3) is 0 Å². The first-order valence-corrected chi connectivity index (χ1v) is 7.43. The normalized spacial score (nSPS) is 25.6. The molecule has 0 amide bonds. The Hall–Kier alpha value is -1.39. The van der Waals surface area contributed by atoms with Crippen LogP contribution in [0.15, 0.2) is 24.3 Å². The molecule has 20 heavy (non-hydrogen) atoms. The average molecular weight is 274 g/mol. The summed E-state index contributed by atoms with van der Waals surface area (Å²) in [5.41, 5.74) is 1.69. The van der Waals surface area contributed by atoms with E-state index in [4.69, 9.17) is 4.74 Å². The van der Waals surface area contributed by atoms with E-state index in [1.54, 1.807) is 0 Å². The summed E-state index contributed by atoms with van der Waals surface area (Å²) in [5, 5.41) is 3.64. The number of hydrogen-bond acceptors (Lipinski definition) is 4. The molecule has 2 unspecified atom stereocenters. The van der Waals surface area contributed by atoms with E-state index < -0.39 is 0 Å². The second kappa shape index (κ2) is 5.94. The smallest absolute Gasteiger partial charge is 0.338 e. The van der Waals surface area contributed by atoms with Gasteiger partial charge in [0.25, 0.3) is 0 Å². The number of hydrogen-bond donors (Lipinski definition) is 1. The number of nitrogens with one attached hydrogen (secondary N) is 1. The molecule has 2 saturated heterocycles. The van der Waals surface area contributed by atoms with Crippen molar-refractivity contribution in [2.45, 2.75) is 37.9 Å². The summed E-state index contributed by atoms with van der Waals surface area (Å²) in [6.45, 7) is 3.20. The van der Waals surface area contributed by atoms with Crippen molar-refractivity contribution < 1.29 is 9.53 Å². The fraction of sp³-hybridized carbons (Fsp3) is 0.562. The van der Waals surface area contributed by atoms with Gasteiger partial charge < -0.3 is 10.1 Å². The Morgan fingerprint density at radius 2 is 2.20 bits per heavy atom. The number of benzene rings is 1. The molecular formula is C16H22N2O2. The molecule has 4 nitrogen and oxygen atoms in total. The third-order valence-electron chi connectivity index (χ3n) is 4.58. The van der Waals surface area contributed by atoms with Gasteiger partial charge in [-0.25, -0.2) is 4.79 Å². The molecule has 4 heteroatoms. The first kappa shape index (κ1) is 13.6. The summed E-state index contributed by atoms with van der Waals surface area (Å²) < 4.78 is 4.84. The van der Waals surface area contributed by atoms with Crippen molar-refractivity contribution in [3.8, 4) is 0 Å². The van der Waals surface area contributed by atoms with Gasteiger partial charge in [-0.1, -0.05) is 18.2 Å². The van der Waals surface area contributed by atoms with Gasteiger partial charge in [-0.2, -0.15) is 0 Å². The summed E-state index contributed by atoms with van der Waals surface area (Å²) in [4.78, 5) is 14.3. The molecule has 1 aromatic carbocycles. The molecule has 2 aliphatic rings. The first-order chi connectivity index (χ1) is 9.79. The number of fused-ring (bicyclic) bond motifs is 1. The average Bonchev–Trinajstić information content (AvgIpc) is 3.08. The minimum atomic E-state index is -0.253. The van der Waals surface area contributed by atoms with Crippen LogP contribution in [-0.4, -0.2) is 43.2 Å². The SMILES string of the molecule is COC(=O)c1ccccc1CNC1CCN2CCCC12. The lowest BCUT2D eigenvalue weighted by atomic mass is 10.0. The van der Waals surface area contributed by atoms with Crippen molar-refractivity contribution in [3.05, 3.63) is 35.4 Å². The molecule has 0 bridgehead atoms. The van der Waals surface area contributed by atoms with Gasteiger partial charge in [0, 0.05) is 25.2 Å². The van der Waals surface area contributed by atoms with Crippen LogP contribution in [0.3, 0.4) is 0 Å². The Balaban J connectivity index is 1.65. The maximum Gasteiger partial charge on any atom is 0.338 e. The Morgan fingerprint density at radius 3 is 3.05 bits per heavy atom. The molecule has 1 N–H and O–H groups in total. The third-order valence-corrected chi connectivity index (χ3v) is 4.58. The zero-order valence-electron chi connectivity index (χ0n) is 12.0.